The predicted octanol–water partition coefficient (Wildman–Crippen LogP) is 7.48. The van der Waals surface area contributed by atoms with Crippen LogP contribution >= 0.6 is 34.7 Å². The van der Waals surface area contributed by atoms with Crippen molar-refractivity contribution in [2.75, 3.05) is 18.9 Å². The molecule has 13 heteroatoms. The van der Waals surface area contributed by atoms with E-state index in [1.807, 2.05) is 29.6 Å². The zero-order valence-corrected chi connectivity index (χ0v) is 27.0. The third-order valence-electron chi connectivity index (χ3n) is 5.86. The normalized spacial score (nSPS) is 10.9. The summed E-state index contributed by atoms with van der Waals surface area (Å²) in [6.07, 6.45) is -0.486. The van der Waals surface area contributed by atoms with E-state index in [-0.39, 0.29) is 30.3 Å². The Balaban J connectivity index is 1.42. The number of carbonyl (C=O) groups excluding carboxylic acids is 2. The number of nitrogens with zero attached hydrogens (tertiary/aromatic N) is 4. The summed E-state index contributed by atoms with van der Waals surface area (Å²) < 4.78 is 15.8. The van der Waals surface area contributed by atoms with Gasteiger partial charge in [0.15, 0.2) is 0 Å². The molecule has 0 spiro atoms. The highest BCUT2D eigenvalue weighted by Crippen LogP contribution is 2.42. The lowest BCUT2D eigenvalue weighted by atomic mass is 10.00. The monoisotopic (exact) mass is 661 g/mol. The molecule has 0 radical (unpaired) electrons. The first kappa shape index (κ1) is 33.3. The van der Waals surface area contributed by atoms with E-state index in [9.17, 15) is 14.9 Å². The minimum atomic E-state index is -0.709. The minimum absolute atomic E-state index is 0.0233. The molecule has 0 aliphatic heterocycles. The number of thiazole rings is 1. The fraction of sp³-hybridized carbons (Fsp3) is 0.250. The Bertz CT molecular complexity index is 1770. The van der Waals surface area contributed by atoms with Crippen LogP contribution in [-0.2, 0) is 24.8 Å². The molecule has 10 nitrogen and oxygen atoms in total. The van der Waals surface area contributed by atoms with Crippen molar-refractivity contribution in [3.05, 3.63) is 81.6 Å². The van der Waals surface area contributed by atoms with Crippen LogP contribution in [0.4, 0.5) is 11.5 Å². The second kappa shape index (κ2) is 14.9. The fourth-order valence-electron chi connectivity index (χ4n) is 3.99. The molecule has 45 heavy (non-hydrogen) atoms. The Morgan fingerprint density at radius 1 is 1.07 bits per heavy atom. The molecule has 230 valence electrons. The third-order valence-corrected chi connectivity index (χ3v) is 8.06. The van der Waals surface area contributed by atoms with Gasteiger partial charge in [0.1, 0.15) is 52.9 Å². The highest BCUT2D eigenvalue weighted by Gasteiger charge is 2.22. The van der Waals surface area contributed by atoms with Gasteiger partial charge in [-0.1, -0.05) is 47.6 Å². The van der Waals surface area contributed by atoms with Gasteiger partial charge in [0.2, 0.25) is 5.69 Å². The average Bonchev–Trinajstić information content (AvgIpc) is 3.46. The predicted molar refractivity (Wildman–Crippen MR) is 174 cm³/mol. The lowest BCUT2D eigenvalue weighted by Gasteiger charge is -2.19. The van der Waals surface area contributed by atoms with Crippen molar-refractivity contribution >= 4 is 58.1 Å². The number of aromatic nitrogens is 2. The summed E-state index contributed by atoms with van der Waals surface area (Å²) in [5, 5.41) is 14.0. The minimum Gasteiger partial charge on any atom is -0.490 e. The Morgan fingerprint density at radius 3 is 2.40 bits per heavy atom. The number of esters is 2. The van der Waals surface area contributed by atoms with Crippen LogP contribution in [0.15, 0.2) is 58.9 Å². The largest absolute Gasteiger partial charge is 0.490 e. The maximum Gasteiger partial charge on any atom is 0.317 e. The summed E-state index contributed by atoms with van der Waals surface area (Å²) >= 11 is 8.81. The summed E-state index contributed by atoms with van der Waals surface area (Å²) in [5.41, 5.74) is 8.54. The van der Waals surface area contributed by atoms with Crippen LogP contribution in [0.5, 0.6) is 5.75 Å². The van der Waals surface area contributed by atoms with E-state index in [2.05, 4.69) is 15.9 Å². The van der Waals surface area contributed by atoms with Gasteiger partial charge in [-0.25, -0.2) is 14.8 Å². The second-order valence-electron chi connectivity index (χ2n) is 10.4. The van der Waals surface area contributed by atoms with Gasteiger partial charge in [-0.05, 0) is 50.6 Å². The number of benzene rings is 2. The van der Waals surface area contributed by atoms with Gasteiger partial charge in [0.05, 0.1) is 17.8 Å². The van der Waals surface area contributed by atoms with Crippen molar-refractivity contribution < 1.29 is 23.8 Å². The summed E-state index contributed by atoms with van der Waals surface area (Å²) in [4.78, 5) is 36.3. The van der Waals surface area contributed by atoms with Gasteiger partial charge >= 0.3 is 11.9 Å². The van der Waals surface area contributed by atoms with Gasteiger partial charge in [0, 0.05) is 27.3 Å². The van der Waals surface area contributed by atoms with Crippen LogP contribution in [0.2, 0.25) is 5.02 Å². The van der Waals surface area contributed by atoms with E-state index in [1.54, 1.807) is 45.0 Å². The van der Waals surface area contributed by atoms with Crippen molar-refractivity contribution in [2.24, 2.45) is 0 Å². The number of hydrogen-bond acceptors (Lipinski definition) is 11. The summed E-state index contributed by atoms with van der Waals surface area (Å²) in [6.45, 7) is 12.8. The highest BCUT2D eigenvalue weighted by atomic mass is 35.5. The highest BCUT2D eigenvalue weighted by molar-refractivity contribution is 7.98. The van der Waals surface area contributed by atoms with E-state index in [0.717, 1.165) is 16.3 Å². The van der Waals surface area contributed by atoms with E-state index in [4.69, 9.17) is 43.1 Å². The van der Waals surface area contributed by atoms with Crippen molar-refractivity contribution in [1.82, 2.24) is 9.97 Å². The Kier molecular flexibility index (Phi) is 11.0. The number of nitrogen functional groups attached to an aromatic ring is 1. The smallest absolute Gasteiger partial charge is 0.317 e. The van der Waals surface area contributed by atoms with E-state index >= 15 is 0 Å². The lowest BCUT2D eigenvalue weighted by molar-refractivity contribution is -0.161. The van der Waals surface area contributed by atoms with Gasteiger partial charge in [-0.3, -0.25) is 9.59 Å². The van der Waals surface area contributed by atoms with E-state index < -0.39 is 24.0 Å². The molecule has 0 saturated carbocycles. The van der Waals surface area contributed by atoms with E-state index in [1.165, 1.54) is 23.1 Å². The number of pyridine rings is 1. The molecule has 0 unspecified atom stereocenters. The number of hydrogen-bond donors (Lipinski definition) is 1. The van der Waals surface area contributed by atoms with Crippen molar-refractivity contribution in [3.8, 4) is 33.5 Å². The first-order valence-corrected chi connectivity index (χ1v) is 15.8. The van der Waals surface area contributed by atoms with Crippen LogP contribution in [-0.4, -0.2) is 40.7 Å². The number of thioether (sulfide) groups is 1. The topological polar surface area (TPSA) is 142 Å². The number of halogens is 1. The molecule has 4 aromatic rings. The maximum atomic E-state index is 11.9. The zero-order chi connectivity index (χ0) is 32.6. The van der Waals surface area contributed by atoms with Gasteiger partial charge in [0.25, 0.3) is 0 Å². The van der Waals surface area contributed by atoms with Crippen LogP contribution in [0.1, 0.15) is 38.4 Å². The zero-order valence-electron chi connectivity index (χ0n) is 24.6. The number of nitriles is 1. The molecule has 4 rings (SSSR count). The van der Waals surface area contributed by atoms with Gasteiger partial charge in [-0.15, -0.1) is 11.3 Å². The number of carbonyl (C=O) groups is 2. The maximum absolute atomic E-state index is 11.9. The molecular weight excluding hydrogens is 634 g/mol. The summed E-state index contributed by atoms with van der Waals surface area (Å²) in [7, 11) is 0. The summed E-state index contributed by atoms with van der Waals surface area (Å²) in [6, 6.07) is 16.4. The molecule has 0 aliphatic carbocycles. The first-order valence-electron chi connectivity index (χ1n) is 13.5. The van der Waals surface area contributed by atoms with Crippen LogP contribution in [0.3, 0.4) is 0 Å². The second-order valence-corrected chi connectivity index (χ2v) is 12.7. The number of nitrogens with two attached hydrogens (primary N) is 1. The SMILES string of the molecule is [C-]#[N+]c1c(N)nc(SCc2csc(-c3ccc(Cl)cc3)n2)c(C#N)c1-c1ccc(OCCOC(=O)CC(=O)OC(C)(C)C)cc1. The number of anilines is 1. The molecule has 0 aliphatic rings. The quantitative estimate of drug-likeness (QED) is 0.0565. The van der Waals surface area contributed by atoms with E-state index in [0.29, 0.717) is 32.7 Å². The van der Waals surface area contributed by atoms with Gasteiger partial charge < -0.3 is 19.9 Å². The number of ether oxygens (including phenoxy) is 3. The van der Waals surface area contributed by atoms with Crippen LogP contribution < -0.4 is 10.5 Å². The molecule has 2 aromatic heterocycles. The molecule has 0 fully saturated rings. The molecule has 2 heterocycles. The first-order chi connectivity index (χ1) is 21.5. The Morgan fingerprint density at radius 2 is 1.76 bits per heavy atom. The van der Waals surface area contributed by atoms with Gasteiger partial charge in [-0.2, -0.15) is 5.26 Å². The number of rotatable bonds is 11. The van der Waals surface area contributed by atoms with Crippen molar-refractivity contribution in [2.45, 2.75) is 43.6 Å². The molecule has 0 bridgehead atoms. The molecule has 0 atom stereocenters. The summed E-state index contributed by atoms with van der Waals surface area (Å²) in [5.74, 6) is -0.433. The van der Waals surface area contributed by atoms with Crippen LogP contribution in [0.25, 0.3) is 26.5 Å². The molecule has 2 aromatic carbocycles. The molecular formula is C32H28ClN5O5S2. The van der Waals surface area contributed by atoms with Crippen LogP contribution in [0, 0.1) is 17.9 Å². The molecule has 2 N–H and O–H groups in total. The standard InChI is InChI=1S/C32H28ClN5O5S2/c1-32(2,3)43-26(40)15-25(39)42-14-13-41-23-11-7-19(8-12-23)27-24(16-34)31(38-29(35)28(27)36-4)45-18-22-17-44-30(37-22)20-5-9-21(33)10-6-20/h5-12,17H,13-15,18H2,1-3H3,(H2,35,38). The van der Waals surface area contributed by atoms with Crippen molar-refractivity contribution in [1.29, 1.82) is 5.26 Å². The Hall–Kier alpha value is -4.62. The molecule has 0 amide bonds. The van der Waals surface area contributed by atoms with Crippen molar-refractivity contribution in [3.63, 3.8) is 0 Å². The fourth-order valence-corrected chi connectivity index (χ4v) is 5.94. The Labute approximate surface area is 273 Å². The average molecular weight is 662 g/mol. The molecule has 0 saturated heterocycles. The third kappa shape index (κ3) is 9.19. The lowest BCUT2D eigenvalue weighted by Crippen LogP contribution is -2.26.